The standard InChI is InChI=1S/C21H27N3O2/c1-2-26-21-19(9-6-12-22-21)15-23-20(25)16-24-13-10-18(11-14-24)17-7-4-3-5-8-17/h3-9,12,18H,2,10-11,13-16H2,1H3,(H,23,25). The van der Waals surface area contributed by atoms with Crippen LogP contribution in [0.2, 0.25) is 0 Å². The van der Waals surface area contributed by atoms with Crippen LogP contribution in [0.25, 0.3) is 0 Å². The van der Waals surface area contributed by atoms with Gasteiger partial charge in [-0.25, -0.2) is 4.98 Å². The van der Waals surface area contributed by atoms with Crippen LogP contribution in [0.4, 0.5) is 0 Å². The lowest BCUT2D eigenvalue weighted by atomic mass is 9.89. The van der Waals surface area contributed by atoms with E-state index in [1.54, 1.807) is 6.20 Å². The molecule has 1 aromatic heterocycles. The van der Waals surface area contributed by atoms with Gasteiger partial charge in [-0.1, -0.05) is 36.4 Å². The van der Waals surface area contributed by atoms with Crippen molar-refractivity contribution in [3.05, 3.63) is 59.8 Å². The quantitative estimate of drug-likeness (QED) is 0.831. The Balaban J connectivity index is 1.43. The highest BCUT2D eigenvalue weighted by Gasteiger charge is 2.21. The molecule has 2 heterocycles. The topological polar surface area (TPSA) is 54.5 Å². The first-order chi connectivity index (χ1) is 12.8. The maximum absolute atomic E-state index is 12.3. The number of ether oxygens (including phenoxy) is 1. The van der Waals surface area contributed by atoms with Gasteiger partial charge in [0.1, 0.15) is 0 Å². The van der Waals surface area contributed by atoms with E-state index in [-0.39, 0.29) is 5.91 Å². The summed E-state index contributed by atoms with van der Waals surface area (Å²) in [5.74, 6) is 1.26. The summed E-state index contributed by atoms with van der Waals surface area (Å²) in [6.07, 6.45) is 3.91. The monoisotopic (exact) mass is 353 g/mol. The Kier molecular flexibility index (Phi) is 6.61. The molecule has 5 nitrogen and oxygen atoms in total. The van der Waals surface area contributed by atoms with Crippen LogP contribution in [0, 0.1) is 0 Å². The number of aromatic nitrogens is 1. The average molecular weight is 353 g/mol. The molecule has 1 aliphatic heterocycles. The van der Waals surface area contributed by atoms with Gasteiger partial charge in [-0.05, 0) is 50.4 Å². The Morgan fingerprint density at radius 1 is 1.19 bits per heavy atom. The summed E-state index contributed by atoms with van der Waals surface area (Å²) in [6.45, 7) is 5.31. The molecule has 1 fully saturated rings. The zero-order chi connectivity index (χ0) is 18.2. The third-order valence-corrected chi connectivity index (χ3v) is 4.83. The van der Waals surface area contributed by atoms with E-state index in [2.05, 4.69) is 45.5 Å². The number of nitrogens with one attached hydrogen (secondary N) is 1. The highest BCUT2D eigenvalue weighted by atomic mass is 16.5. The molecule has 0 aliphatic carbocycles. The number of carbonyl (C=O) groups is 1. The Bertz CT molecular complexity index is 697. The number of piperidine rings is 1. The Morgan fingerprint density at radius 3 is 2.69 bits per heavy atom. The lowest BCUT2D eigenvalue weighted by Gasteiger charge is -2.31. The molecule has 1 aliphatic rings. The number of hydrogen-bond donors (Lipinski definition) is 1. The van der Waals surface area contributed by atoms with Gasteiger partial charge in [0.05, 0.1) is 13.2 Å². The molecule has 2 aromatic rings. The van der Waals surface area contributed by atoms with Crippen molar-refractivity contribution in [3.63, 3.8) is 0 Å². The number of likely N-dealkylation sites (tertiary alicyclic amines) is 1. The third kappa shape index (κ3) is 5.05. The maximum Gasteiger partial charge on any atom is 0.234 e. The minimum absolute atomic E-state index is 0.0504. The summed E-state index contributed by atoms with van der Waals surface area (Å²) in [5.41, 5.74) is 2.32. The molecule has 5 heteroatoms. The summed E-state index contributed by atoms with van der Waals surface area (Å²) in [5, 5.41) is 2.99. The van der Waals surface area contributed by atoms with Gasteiger partial charge in [0, 0.05) is 18.3 Å². The van der Waals surface area contributed by atoms with Gasteiger partial charge in [-0.3, -0.25) is 9.69 Å². The summed E-state index contributed by atoms with van der Waals surface area (Å²) in [4.78, 5) is 18.7. The van der Waals surface area contributed by atoms with Gasteiger partial charge in [-0.15, -0.1) is 0 Å². The lowest BCUT2D eigenvalue weighted by molar-refractivity contribution is -0.122. The smallest absolute Gasteiger partial charge is 0.234 e. The van der Waals surface area contributed by atoms with Crippen LogP contribution in [-0.2, 0) is 11.3 Å². The molecule has 138 valence electrons. The van der Waals surface area contributed by atoms with E-state index in [4.69, 9.17) is 4.74 Å². The van der Waals surface area contributed by atoms with Crippen molar-refractivity contribution in [2.75, 3.05) is 26.2 Å². The molecule has 3 rings (SSSR count). The predicted molar refractivity (Wildman–Crippen MR) is 102 cm³/mol. The fourth-order valence-electron chi connectivity index (χ4n) is 3.43. The second-order valence-corrected chi connectivity index (χ2v) is 6.64. The molecule has 0 radical (unpaired) electrons. The molecule has 26 heavy (non-hydrogen) atoms. The normalized spacial score (nSPS) is 15.6. The number of nitrogens with zero attached hydrogens (tertiary/aromatic N) is 2. The van der Waals surface area contributed by atoms with Crippen molar-refractivity contribution in [3.8, 4) is 5.88 Å². The van der Waals surface area contributed by atoms with Crippen LogP contribution in [0.1, 0.15) is 36.8 Å². The SMILES string of the molecule is CCOc1ncccc1CNC(=O)CN1CCC(c2ccccc2)CC1. The first-order valence-corrected chi connectivity index (χ1v) is 9.37. The van der Waals surface area contributed by atoms with Gasteiger partial charge in [0.2, 0.25) is 11.8 Å². The molecule has 0 unspecified atom stereocenters. The minimum Gasteiger partial charge on any atom is -0.478 e. The summed E-state index contributed by atoms with van der Waals surface area (Å²) < 4.78 is 5.50. The maximum atomic E-state index is 12.3. The van der Waals surface area contributed by atoms with E-state index in [1.807, 2.05) is 19.1 Å². The van der Waals surface area contributed by atoms with Crippen molar-refractivity contribution >= 4 is 5.91 Å². The fraction of sp³-hybridized carbons (Fsp3) is 0.429. The van der Waals surface area contributed by atoms with Gasteiger partial charge in [0.15, 0.2) is 0 Å². The molecule has 0 saturated carbocycles. The van der Waals surface area contributed by atoms with Crippen LogP contribution in [0.3, 0.4) is 0 Å². The molecular weight excluding hydrogens is 326 g/mol. The van der Waals surface area contributed by atoms with E-state index < -0.39 is 0 Å². The predicted octanol–water partition coefficient (Wildman–Crippen LogP) is 2.98. The highest BCUT2D eigenvalue weighted by Crippen LogP contribution is 2.27. The van der Waals surface area contributed by atoms with Crippen LogP contribution in [0.15, 0.2) is 48.7 Å². The summed E-state index contributed by atoms with van der Waals surface area (Å²) in [7, 11) is 0. The molecule has 0 bridgehead atoms. The molecule has 0 spiro atoms. The van der Waals surface area contributed by atoms with E-state index in [0.717, 1.165) is 31.5 Å². The van der Waals surface area contributed by atoms with Crippen molar-refractivity contribution in [2.45, 2.75) is 32.2 Å². The summed E-state index contributed by atoms with van der Waals surface area (Å²) >= 11 is 0. The van der Waals surface area contributed by atoms with Crippen LogP contribution in [-0.4, -0.2) is 42.0 Å². The van der Waals surface area contributed by atoms with Crippen LogP contribution >= 0.6 is 0 Å². The molecule has 1 amide bonds. The number of hydrogen-bond acceptors (Lipinski definition) is 4. The zero-order valence-corrected chi connectivity index (χ0v) is 15.4. The van der Waals surface area contributed by atoms with Crippen molar-refractivity contribution in [1.82, 2.24) is 15.2 Å². The van der Waals surface area contributed by atoms with E-state index in [0.29, 0.717) is 31.5 Å². The third-order valence-electron chi connectivity index (χ3n) is 4.83. The molecular formula is C21H27N3O2. The zero-order valence-electron chi connectivity index (χ0n) is 15.4. The highest BCUT2D eigenvalue weighted by molar-refractivity contribution is 5.78. The first-order valence-electron chi connectivity index (χ1n) is 9.37. The van der Waals surface area contributed by atoms with E-state index in [9.17, 15) is 4.79 Å². The number of rotatable bonds is 7. The molecule has 1 N–H and O–H groups in total. The van der Waals surface area contributed by atoms with Crippen LogP contribution < -0.4 is 10.1 Å². The number of benzene rings is 1. The number of amides is 1. The Labute approximate surface area is 155 Å². The van der Waals surface area contributed by atoms with Crippen molar-refractivity contribution in [1.29, 1.82) is 0 Å². The molecule has 1 saturated heterocycles. The number of carbonyl (C=O) groups excluding carboxylic acids is 1. The van der Waals surface area contributed by atoms with Gasteiger partial charge in [0.25, 0.3) is 0 Å². The number of pyridine rings is 1. The molecule has 0 atom stereocenters. The molecule has 1 aromatic carbocycles. The minimum atomic E-state index is 0.0504. The largest absolute Gasteiger partial charge is 0.478 e. The second-order valence-electron chi connectivity index (χ2n) is 6.64. The van der Waals surface area contributed by atoms with Crippen molar-refractivity contribution in [2.24, 2.45) is 0 Å². The fourth-order valence-corrected chi connectivity index (χ4v) is 3.43. The average Bonchev–Trinajstić information content (AvgIpc) is 2.69. The lowest BCUT2D eigenvalue weighted by Crippen LogP contribution is -2.41. The van der Waals surface area contributed by atoms with E-state index in [1.165, 1.54) is 5.56 Å². The van der Waals surface area contributed by atoms with Crippen LogP contribution in [0.5, 0.6) is 5.88 Å². The Morgan fingerprint density at radius 2 is 1.96 bits per heavy atom. The van der Waals surface area contributed by atoms with E-state index >= 15 is 0 Å². The van der Waals surface area contributed by atoms with Gasteiger partial charge >= 0.3 is 0 Å². The van der Waals surface area contributed by atoms with Gasteiger partial charge < -0.3 is 10.1 Å². The second kappa shape index (κ2) is 9.34. The summed E-state index contributed by atoms with van der Waals surface area (Å²) in [6, 6.07) is 14.5. The Hall–Kier alpha value is -2.40. The first kappa shape index (κ1) is 18.4. The van der Waals surface area contributed by atoms with Gasteiger partial charge in [-0.2, -0.15) is 0 Å². The van der Waals surface area contributed by atoms with Crippen molar-refractivity contribution < 1.29 is 9.53 Å².